The molecule has 0 atom stereocenters. The Morgan fingerprint density at radius 1 is 0.960 bits per heavy atom. The summed E-state index contributed by atoms with van der Waals surface area (Å²) in [7, 11) is 0. The summed E-state index contributed by atoms with van der Waals surface area (Å²) in [5.41, 5.74) is 1.66. The van der Waals surface area contributed by atoms with E-state index in [1.165, 1.54) is 4.57 Å². The number of aromatic nitrogens is 3. The Morgan fingerprint density at radius 2 is 1.80 bits per heavy atom. The van der Waals surface area contributed by atoms with Crippen molar-refractivity contribution in [1.29, 1.82) is 0 Å². The lowest BCUT2D eigenvalue weighted by Crippen LogP contribution is -2.22. The maximum atomic E-state index is 13.1. The molecule has 4 aromatic rings. The molecule has 0 saturated heterocycles. The van der Waals surface area contributed by atoms with Crippen molar-refractivity contribution in [2.24, 2.45) is 0 Å². The van der Waals surface area contributed by atoms with Gasteiger partial charge in [0.15, 0.2) is 0 Å². The van der Waals surface area contributed by atoms with Gasteiger partial charge in [0.2, 0.25) is 0 Å². The van der Waals surface area contributed by atoms with Crippen molar-refractivity contribution in [3.63, 3.8) is 0 Å². The van der Waals surface area contributed by atoms with Crippen molar-refractivity contribution < 1.29 is 0 Å². The van der Waals surface area contributed by atoms with E-state index in [4.69, 9.17) is 23.2 Å². The molecule has 4 nitrogen and oxygen atoms in total. The van der Waals surface area contributed by atoms with Crippen molar-refractivity contribution in [2.75, 3.05) is 0 Å². The molecule has 4 rings (SSSR count). The van der Waals surface area contributed by atoms with Crippen LogP contribution in [0, 0.1) is 0 Å². The number of para-hydroxylation sites is 1. The number of halogens is 2. The molecule has 2 aromatic carbocycles. The molecule has 2 aromatic heterocycles. The van der Waals surface area contributed by atoms with E-state index in [9.17, 15) is 4.79 Å². The summed E-state index contributed by atoms with van der Waals surface area (Å²) in [5.74, 6) is 0.443. The minimum atomic E-state index is -0.181. The number of hydrogen-bond donors (Lipinski definition) is 0. The third-order valence-corrected chi connectivity index (χ3v) is 4.40. The first-order chi connectivity index (χ1) is 12.1. The maximum absolute atomic E-state index is 13.1. The quantitative estimate of drug-likeness (QED) is 0.513. The fourth-order valence-corrected chi connectivity index (χ4v) is 3.20. The van der Waals surface area contributed by atoms with E-state index in [1.807, 2.05) is 12.1 Å². The van der Waals surface area contributed by atoms with Crippen LogP contribution in [0.2, 0.25) is 10.0 Å². The molecular weight excluding hydrogens is 357 g/mol. The van der Waals surface area contributed by atoms with Crippen LogP contribution in [-0.4, -0.2) is 14.5 Å². The maximum Gasteiger partial charge on any atom is 0.266 e. The molecular formula is C19H11Cl2N3O. The van der Waals surface area contributed by atoms with E-state index in [0.717, 1.165) is 0 Å². The van der Waals surface area contributed by atoms with Crippen molar-refractivity contribution in [2.45, 2.75) is 0 Å². The predicted octanol–water partition coefficient (Wildman–Crippen LogP) is 4.75. The van der Waals surface area contributed by atoms with E-state index in [0.29, 0.717) is 38.0 Å². The van der Waals surface area contributed by atoms with Gasteiger partial charge >= 0.3 is 0 Å². The van der Waals surface area contributed by atoms with Crippen LogP contribution in [0.3, 0.4) is 0 Å². The summed E-state index contributed by atoms with van der Waals surface area (Å²) in [6, 6.07) is 15.9. The van der Waals surface area contributed by atoms with Gasteiger partial charge in [0.05, 0.1) is 27.8 Å². The summed E-state index contributed by atoms with van der Waals surface area (Å²) in [4.78, 5) is 21.9. The van der Waals surface area contributed by atoms with E-state index >= 15 is 0 Å². The van der Waals surface area contributed by atoms with Crippen LogP contribution in [0.5, 0.6) is 0 Å². The largest absolute Gasteiger partial charge is 0.268 e. The molecule has 0 radical (unpaired) electrons. The Kier molecular flexibility index (Phi) is 3.99. The second kappa shape index (κ2) is 6.31. The van der Waals surface area contributed by atoms with Crippen LogP contribution < -0.4 is 5.56 Å². The fourth-order valence-electron chi connectivity index (χ4n) is 2.71. The standard InChI is InChI=1S/C19H11Cl2N3O/c20-12-7-8-14(16(21)10-12)18-23-17-6-2-1-5-15(17)19(25)24(18)13-4-3-9-22-11-13/h1-11H. The molecule has 0 amide bonds. The average Bonchev–Trinajstić information content (AvgIpc) is 2.62. The van der Waals surface area contributed by atoms with E-state index in [2.05, 4.69) is 9.97 Å². The molecule has 25 heavy (non-hydrogen) atoms. The summed E-state index contributed by atoms with van der Waals surface area (Å²) < 4.78 is 1.52. The normalized spacial score (nSPS) is 11.0. The fraction of sp³-hybridized carbons (Fsp3) is 0. The second-order valence-electron chi connectivity index (χ2n) is 5.43. The van der Waals surface area contributed by atoms with Crippen molar-refractivity contribution in [3.05, 3.63) is 87.4 Å². The highest BCUT2D eigenvalue weighted by Crippen LogP contribution is 2.30. The lowest BCUT2D eigenvalue weighted by atomic mass is 10.1. The van der Waals surface area contributed by atoms with Crippen molar-refractivity contribution in [3.8, 4) is 17.1 Å². The lowest BCUT2D eigenvalue weighted by Gasteiger charge is -2.14. The van der Waals surface area contributed by atoms with Gasteiger partial charge in [-0.1, -0.05) is 35.3 Å². The topological polar surface area (TPSA) is 47.8 Å². The first kappa shape index (κ1) is 15.8. The first-order valence-electron chi connectivity index (χ1n) is 7.53. The molecule has 0 fully saturated rings. The highest BCUT2D eigenvalue weighted by Gasteiger charge is 2.16. The van der Waals surface area contributed by atoms with Gasteiger partial charge in [0.1, 0.15) is 5.82 Å². The van der Waals surface area contributed by atoms with Gasteiger partial charge in [-0.2, -0.15) is 0 Å². The second-order valence-corrected chi connectivity index (χ2v) is 6.27. The van der Waals surface area contributed by atoms with Crippen LogP contribution in [-0.2, 0) is 0 Å². The average molecular weight is 368 g/mol. The Bertz CT molecular complexity index is 1140. The summed E-state index contributed by atoms with van der Waals surface area (Å²) in [6.07, 6.45) is 3.27. The molecule has 2 heterocycles. The third-order valence-electron chi connectivity index (χ3n) is 3.85. The summed E-state index contributed by atoms with van der Waals surface area (Å²) in [6.45, 7) is 0. The number of fused-ring (bicyclic) bond motifs is 1. The molecule has 0 saturated carbocycles. The molecule has 122 valence electrons. The molecule has 0 aliphatic rings. The monoisotopic (exact) mass is 367 g/mol. The van der Waals surface area contributed by atoms with Crippen molar-refractivity contribution >= 4 is 34.1 Å². The molecule has 0 bridgehead atoms. The van der Waals surface area contributed by atoms with Gasteiger partial charge in [-0.05, 0) is 42.5 Å². The highest BCUT2D eigenvalue weighted by atomic mass is 35.5. The van der Waals surface area contributed by atoms with E-state index in [1.54, 1.807) is 54.9 Å². The third kappa shape index (κ3) is 2.80. The molecule has 0 unspecified atom stereocenters. The van der Waals surface area contributed by atoms with Gasteiger partial charge in [-0.3, -0.25) is 14.3 Å². The van der Waals surface area contributed by atoms with Crippen LogP contribution in [0.4, 0.5) is 0 Å². The van der Waals surface area contributed by atoms with Crippen LogP contribution >= 0.6 is 23.2 Å². The van der Waals surface area contributed by atoms with Crippen molar-refractivity contribution in [1.82, 2.24) is 14.5 Å². The number of rotatable bonds is 2. The lowest BCUT2D eigenvalue weighted by molar-refractivity contribution is 0.966. The van der Waals surface area contributed by atoms with Gasteiger partial charge < -0.3 is 0 Å². The number of pyridine rings is 1. The molecule has 0 aliphatic carbocycles. The summed E-state index contributed by atoms with van der Waals surface area (Å²) >= 11 is 12.4. The Hall–Kier alpha value is -2.69. The zero-order chi connectivity index (χ0) is 17.4. The molecule has 0 aliphatic heterocycles. The SMILES string of the molecule is O=c1c2ccccc2nc(-c2ccc(Cl)cc2Cl)n1-c1cccnc1. The minimum absolute atomic E-state index is 0.181. The smallest absolute Gasteiger partial charge is 0.266 e. The van der Waals surface area contributed by atoms with Crippen LogP contribution in [0.25, 0.3) is 28.0 Å². The zero-order valence-electron chi connectivity index (χ0n) is 12.9. The molecule has 6 heteroatoms. The first-order valence-corrected chi connectivity index (χ1v) is 8.28. The Labute approximate surface area is 153 Å². The van der Waals surface area contributed by atoms with Gasteiger partial charge in [0, 0.05) is 16.8 Å². The van der Waals surface area contributed by atoms with E-state index in [-0.39, 0.29) is 5.56 Å². The zero-order valence-corrected chi connectivity index (χ0v) is 14.4. The minimum Gasteiger partial charge on any atom is -0.268 e. The highest BCUT2D eigenvalue weighted by molar-refractivity contribution is 6.36. The van der Waals surface area contributed by atoms with Crippen LogP contribution in [0.1, 0.15) is 0 Å². The predicted molar refractivity (Wildman–Crippen MR) is 101 cm³/mol. The number of benzene rings is 2. The van der Waals surface area contributed by atoms with Gasteiger partial charge in [-0.25, -0.2) is 4.98 Å². The number of hydrogen-bond acceptors (Lipinski definition) is 3. The van der Waals surface area contributed by atoms with Crippen LogP contribution in [0.15, 0.2) is 71.8 Å². The van der Waals surface area contributed by atoms with Gasteiger partial charge in [-0.15, -0.1) is 0 Å². The molecule has 0 spiro atoms. The Morgan fingerprint density at radius 3 is 2.56 bits per heavy atom. The number of nitrogens with zero attached hydrogens (tertiary/aromatic N) is 3. The Balaban J connectivity index is 2.14. The van der Waals surface area contributed by atoms with E-state index < -0.39 is 0 Å². The van der Waals surface area contributed by atoms with Gasteiger partial charge in [0.25, 0.3) is 5.56 Å². The molecule has 0 N–H and O–H groups in total. The summed E-state index contributed by atoms with van der Waals surface area (Å²) in [5, 5.41) is 1.47.